The quantitative estimate of drug-likeness (QED) is 0.480. The lowest BCUT2D eigenvalue weighted by Crippen LogP contribution is -2.14. The molecular formula is C20H24O5. The van der Waals surface area contributed by atoms with E-state index in [1.54, 1.807) is 0 Å². The Bertz CT molecular complexity index is 687. The van der Waals surface area contributed by atoms with Crippen LogP contribution in [0.2, 0.25) is 0 Å². The smallest absolute Gasteiger partial charge is 0.342 e. The van der Waals surface area contributed by atoms with Gasteiger partial charge >= 0.3 is 11.9 Å². The predicted molar refractivity (Wildman–Crippen MR) is 94.5 cm³/mol. The lowest BCUT2D eigenvalue weighted by atomic mass is 10.1. The minimum atomic E-state index is -0.568. The van der Waals surface area contributed by atoms with Crippen LogP contribution in [-0.2, 0) is 9.47 Å². The van der Waals surface area contributed by atoms with Gasteiger partial charge in [-0.1, -0.05) is 57.0 Å². The van der Waals surface area contributed by atoms with Crippen LogP contribution in [0.25, 0.3) is 11.3 Å². The number of hydrogen-bond donors (Lipinski definition) is 0. The second-order valence-electron chi connectivity index (χ2n) is 5.70. The summed E-state index contributed by atoms with van der Waals surface area (Å²) in [5.74, 6) is -0.810. The summed E-state index contributed by atoms with van der Waals surface area (Å²) in [5, 5.41) is 0. The zero-order valence-electron chi connectivity index (χ0n) is 14.7. The van der Waals surface area contributed by atoms with E-state index in [0.29, 0.717) is 24.5 Å². The molecule has 25 heavy (non-hydrogen) atoms. The third-order valence-corrected chi connectivity index (χ3v) is 3.71. The molecule has 1 aromatic heterocycles. The van der Waals surface area contributed by atoms with Crippen LogP contribution in [-0.4, -0.2) is 25.2 Å². The fourth-order valence-corrected chi connectivity index (χ4v) is 2.28. The molecule has 0 saturated heterocycles. The van der Waals surface area contributed by atoms with E-state index < -0.39 is 11.9 Å². The summed E-state index contributed by atoms with van der Waals surface area (Å²) in [6, 6.07) is 9.17. The predicted octanol–water partition coefficient (Wildman–Crippen LogP) is 4.86. The average Bonchev–Trinajstić information content (AvgIpc) is 3.08. The maximum atomic E-state index is 12.5. The lowest BCUT2D eigenvalue weighted by molar-refractivity contribution is 0.0454. The fraction of sp³-hybridized carbons (Fsp3) is 0.400. The van der Waals surface area contributed by atoms with Gasteiger partial charge in [-0.25, -0.2) is 9.59 Å². The van der Waals surface area contributed by atoms with Gasteiger partial charge in [0.05, 0.1) is 13.2 Å². The van der Waals surface area contributed by atoms with Crippen molar-refractivity contribution in [3.8, 4) is 11.3 Å². The molecule has 0 aliphatic rings. The number of furan rings is 1. The van der Waals surface area contributed by atoms with Gasteiger partial charge in [0.2, 0.25) is 0 Å². The number of hydrogen-bond acceptors (Lipinski definition) is 5. The van der Waals surface area contributed by atoms with Gasteiger partial charge in [0.15, 0.2) is 0 Å². The number of carbonyl (C=O) groups excluding carboxylic acids is 2. The average molecular weight is 344 g/mol. The summed E-state index contributed by atoms with van der Waals surface area (Å²) in [4.78, 5) is 24.9. The Morgan fingerprint density at radius 3 is 2.12 bits per heavy atom. The molecule has 2 aromatic rings. The van der Waals surface area contributed by atoms with Gasteiger partial charge in [-0.2, -0.15) is 0 Å². The second kappa shape index (κ2) is 9.67. The molecule has 134 valence electrons. The number of benzene rings is 1. The third kappa shape index (κ3) is 4.95. The van der Waals surface area contributed by atoms with Gasteiger partial charge in [-0.15, -0.1) is 0 Å². The molecule has 0 saturated carbocycles. The molecule has 0 amide bonds. The fourth-order valence-electron chi connectivity index (χ4n) is 2.28. The Balaban J connectivity index is 2.31. The first-order chi connectivity index (χ1) is 12.2. The van der Waals surface area contributed by atoms with Gasteiger partial charge in [0.1, 0.15) is 23.2 Å². The van der Waals surface area contributed by atoms with Crippen molar-refractivity contribution in [3.05, 3.63) is 47.7 Å². The lowest BCUT2D eigenvalue weighted by Gasteiger charge is -2.07. The molecule has 2 rings (SSSR count). The normalized spacial score (nSPS) is 10.5. The minimum Gasteiger partial charge on any atom is -0.462 e. The third-order valence-electron chi connectivity index (χ3n) is 3.71. The number of ether oxygens (including phenoxy) is 2. The molecule has 0 fully saturated rings. The van der Waals surface area contributed by atoms with Crippen molar-refractivity contribution in [1.82, 2.24) is 0 Å². The van der Waals surface area contributed by atoms with Crippen LogP contribution in [0.3, 0.4) is 0 Å². The van der Waals surface area contributed by atoms with Gasteiger partial charge < -0.3 is 13.9 Å². The van der Waals surface area contributed by atoms with Crippen LogP contribution in [0.4, 0.5) is 0 Å². The number of unbranched alkanes of at least 4 members (excludes halogenated alkanes) is 2. The van der Waals surface area contributed by atoms with E-state index in [4.69, 9.17) is 13.9 Å². The summed E-state index contributed by atoms with van der Waals surface area (Å²) in [6.45, 7) is 4.64. The molecule has 0 atom stereocenters. The largest absolute Gasteiger partial charge is 0.462 e. The highest BCUT2D eigenvalue weighted by Gasteiger charge is 2.28. The van der Waals surface area contributed by atoms with E-state index >= 15 is 0 Å². The van der Waals surface area contributed by atoms with E-state index in [1.165, 1.54) is 6.26 Å². The highest BCUT2D eigenvalue weighted by atomic mass is 16.5. The van der Waals surface area contributed by atoms with Gasteiger partial charge in [0, 0.05) is 5.56 Å². The van der Waals surface area contributed by atoms with E-state index in [9.17, 15) is 9.59 Å². The van der Waals surface area contributed by atoms with Crippen molar-refractivity contribution in [2.75, 3.05) is 13.2 Å². The van der Waals surface area contributed by atoms with Crippen molar-refractivity contribution in [3.63, 3.8) is 0 Å². The molecule has 1 aromatic carbocycles. The SMILES string of the molecule is CCCCOC(=O)c1coc(-c2ccccc2)c1C(=O)OCCCC. The van der Waals surface area contributed by atoms with Crippen LogP contribution in [0.1, 0.15) is 60.2 Å². The highest BCUT2D eigenvalue weighted by molar-refractivity contribution is 6.07. The van der Waals surface area contributed by atoms with Gasteiger partial charge in [-0.05, 0) is 12.8 Å². The molecule has 5 nitrogen and oxygen atoms in total. The van der Waals surface area contributed by atoms with E-state index in [2.05, 4.69) is 0 Å². The standard InChI is InChI=1S/C20H24O5/c1-3-5-12-23-19(21)16-14-25-18(15-10-8-7-9-11-15)17(16)20(22)24-13-6-4-2/h7-11,14H,3-6,12-13H2,1-2H3. The molecule has 0 bridgehead atoms. The highest BCUT2D eigenvalue weighted by Crippen LogP contribution is 2.29. The molecule has 0 aliphatic carbocycles. The van der Waals surface area contributed by atoms with Crippen molar-refractivity contribution >= 4 is 11.9 Å². The van der Waals surface area contributed by atoms with E-state index in [1.807, 2.05) is 44.2 Å². The summed E-state index contributed by atoms with van der Waals surface area (Å²) in [5.41, 5.74) is 0.942. The minimum absolute atomic E-state index is 0.108. The Morgan fingerprint density at radius 2 is 1.52 bits per heavy atom. The van der Waals surface area contributed by atoms with Crippen LogP contribution >= 0.6 is 0 Å². The summed E-state index contributed by atoms with van der Waals surface area (Å²) in [6.07, 6.45) is 4.63. The Kier molecular flexibility index (Phi) is 7.26. The Morgan fingerprint density at radius 1 is 0.920 bits per heavy atom. The monoisotopic (exact) mass is 344 g/mol. The topological polar surface area (TPSA) is 65.7 Å². The zero-order valence-corrected chi connectivity index (χ0v) is 14.7. The second-order valence-corrected chi connectivity index (χ2v) is 5.70. The van der Waals surface area contributed by atoms with Crippen LogP contribution in [0.15, 0.2) is 41.0 Å². The molecule has 5 heteroatoms. The molecule has 0 N–H and O–H groups in total. The number of esters is 2. The van der Waals surface area contributed by atoms with Crippen LogP contribution in [0, 0.1) is 0 Å². The summed E-state index contributed by atoms with van der Waals surface area (Å²) < 4.78 is 16.1. The summed E-state index contributed by atoms with van der Waals surface area (Å²) in [7, 11) is 0. The van der Waals surface area contributed by atoms with Crippen molar-refractivity contribution in [2.24, 2.45) is 0 Å². The number of rotatable bonds is 9. The maximum absolute atomic E-state index is 12.5. The van der Waals surface area contributed by atoms with Crippen molar-refractivity contribution in [2.45, 2.75) is 39.5 Å². The van der Waals surface area contributed by atoms with E-state index in [0.717, 1.165) is 25.7 Å². The van der Waals surface area contributed by atoms with Crippen LogP contribution < -0.4 is 0 Å². The first kappa shape index (κ1) is 18.8. The van der Waals surface area contributed by atoms with Gasteiger partial charge in [0.25, 0.3) is 0 Å². The van der Waals surface area contributed by atoms with Gasteiger partial charge in [-0.3, -0.25) is 0 Å². The molecule has 1 heterocycles. The maximum Gasteiger partial charge on any atom is 0.342 e. The molecule has 0 spiro atoms. The molecule has 0 unspecified atom stereocenters. The summed E-state index contributed by atoms with van der Waals surface area (Å²) >= 11 is 0. The molecule has 0 aliphatic heterocycles. The first-order valence-electron chi connectivity index (χ1n) is 8.70. The Hall–Kier alpha value is -2.56. The first-order valence-corrected chi connectivity index (χ1v) is 8.70. The van der Waals surface area contributed by atoms with Crippen molar-refractivity contribution in [1.29, 1.82) is 0 Å². The van der Waals surface area contributed by atoms with E-state index in [-0.39, 0.29) is 11.1 Å². The number of carbonyl (C=O) groups is 2. The molecular weight excluding hydrogens is 320 g/mol. The Labute approximate surface area is 147 Å². The molecule has 0 radical (unpaired) electrons. The van der Waals surface area contributed by atoms with Crippen molar-refractivity contribution < 1.29 is 23.5 Å². The van der Waals surface area contributed by atoms with Crippen LogP contribution in [0.5, 0.6) is 0 Å². The zero-order chi connectivity index (χ0) is 18.1.